The van der Waals surface area contributed by atoms with Crippen LogP contribution in [0, 0.1) is 0 Å². The quantitative estimate of drug-likeness (QED) is 0.0883. The largest absolute Gasteiger partial charge is 0.490 e. The van der Waals surface area contributed by atoms with Gasteiger partial charge in [0, 0.05) is 44.3 Å². The van der Waals surface area contributed by atoms with Crippen LogP contribution >= 0.6 is 0 Å². The van der Waals surface area contributed by atoms with E-state index in [4.69, 9.17) is 25.2 Å². The van der Waals surface area contributed by atoms with Gasteiger partial charge in [-0.25, -0.2) is 9.97 Å². The summed E-state index contributed by atoms with van der Waals surface area (Å²) in [6.45, 7) is 0.264. The maximum atomic E-state index is 12.6. The molecule has 4 N–H and O–H groups in total. The van der Waals surface area contributed by atoms with E-state index >= 15 is 0 Å². The van der Waals surface area contributed by atoms with Crippen molar-refractivity contribution in [3.05, 3.63) is 198 Å². The van der Waals surface area contributed by atoms with Gasteiger partial charge in [-0.05, 0) is 94.9 Å². The van der Waals surface area contributed by atoms with Crippen LogP contribution in [0.25, 0.3) is 90.9 Å². The van der Waals surface area contributed by atoms with E-state index < -0.39 is 12.0 Å². The lowest BCUT2D eigenvalue weighted by molar-refractivity contribution is -0.145. The number of esters is 1. The Morgan fingerprint density at radius 1 is 0.460 bits per heavy atom. The second-order valence-corrected chi connectivity index (χ2v) is 15.4. The van der Waals surface area contributed by atoms with Gasteiger partial charge in [0.15, 0.2) is 0 Å². The minimum Gasteiger partial charge on any atom is -0.490 e. The van der Waals surface area contributed by atoms with Crippen LogP contribution in [0.2, 0.25) is 0 Å². The van der Waals surface area contributed by atoms with Crippen molar-refractivity contribution in [3.8, 4) is 50.3 Å². The van der Waals surface area contributed by atoms with E-state index in [-0.39, 0.29) is 13.2 Å². The molecule has 2 aliphatic heterocycles. The third kappa shape index (κ3) is 8.23. The summed E-state index contributed by atoms with van der Waals surface area (Å²) < 4.78 is 11.5. The van der Waals surface area contributed by atoms with Crippen LogP contribution in [-0.4, -0.2) is 45.2 Å². The van der Waals surface area contributed by atoms with Crippen LogP contribution in [-0.2, 0) is 16.0 Å². The fourth-order valence-corrected chi connectivity index (χ4v) is 8.31. The number of benzene rings is 5. The van der Waals surface area contributed by atoms with Gasteiger partial charge in [-0.1, -0.05) is 133 Å². The van der Waals surface area contributed by atoms with Crippen molar-refractivity contribution >= 4 is 52.3 Å². The summed E-state index contributed by atoms with van der Waals surface area (Å²) in [7, 11) is 0. The molecule has 8 aromatic rings. The zero-order valence-corrected chi connectivity index (χ0v) is 34.4. The molecule has 0 spiro atoms. The summed E-state index contributed by atoms with van der Waals surface area (Å²) in [5, 5.41) is 0. The highest BCUT2D eigenvalue weighted by Crippen LogP contribution is 2.38. The predicted molar refractivity (Wildman–Crippen MR) is 255 cm³/mol. The van der Waals surface area contributed by atoms with Gasteiger partial charge in [0.2, 0.25) is 0 Å². The van der Waals surface area contributed by atoms with E-state index in [9.17, 15) is 4.79 Å². The molecule has 0 amide bonds. The minimum absolute atomic E-state index is 0.0809. The third-order valence-corrected chi connectivity index (χ3v) is 11.3. The first kappa shape index (κ1) is 39.1. The fourth-order valence-electron chi connectivity index (χ4n) is 8.31. The summed E-state index contributed by atoms with van der Waals surface area (Å²) in [4.78, 5) is 31.0. The fraction of sp³-hybridized carbons (Fsp3) is 0.0727. The molecule has 0 aliphatic carbocycles. The number of carbonyl (C=O) groups excluding carboxylic acids is 1. The molecule has 0 saturated carbocycles. The molecule has 10 rings (SSSR count). The van der Waals surface area contributed by atoms with Crippen molar-refractivity contribution in [1.29, 1.82) is 0 Å². The van der Waals surface area contributed by atoms with Gasteiger partial charge in [-0.2, -0.15) is 0 Å². The monoisotopic (exact) mass is 821 g/mol. The molecule has 5 aromatic carbocycles. The maximum Gasteiger partial charge on any atom is 0.323 e. The van der Waals surface area contributed by atoms with Crippen LogP contribution in [0.15, 0.2) is 170 Å². The van der Waals surface area contributed by atoms with E-state index in [0.717, 1.165) is 94.9 Å². The first-order valence-electron chi connectivity index (χ1n) is 21.1. The highest BCUT2D eigenvalue weighted by Gasteiger charge is 2.20. The molecule has 0 fully saturated rings. The number of nitrogens with two attached hydrogens (primary N) is 1. The SMILES string of the molecule is N[C@@H](Cc1ccccc1)C(=O)OCCOc1ccc(-c2c3nc(c(-c4ccccc4)c4ccc([nH]4)c(-c4ccccc4)c4ccc([nH]4)c(-c4ccccc4)c4nc2C=C4)C=C3)cc1. The number of hydrogen-bond donors (Lipinski definition) is 3. The number of ether oxygens (including phenoxy) is 2. The normalized spacial score (nSPS) is 12.3. The standard InChI is InChI=1S/C55H43N5O3/c56-42(35-36-13-5-1-6-14-36)55(61)63-34-33-62-41-23-21-40(22-24-41)54-49-31-29-47(59-49)52(38-17-9-3-10-18-38)45-27-25-43(57-45)51(37-15-7-2-8-16-37)44-26-28-46(58-44)53(39-19-11-4-12-20-39)48-30-32-50(54)60-48/h1-32,42,57-58H,33-35,56H2/t42-/m0/s1. The molecule has 3 aromatic heterocycles. The summed E-state index contributed by atoms with van der Waals surface area (Å²) in [6, 6.07) is 56.6. The average Bonchev–Trinajstić information content (AvgIpc) is 4.18. The zero-order valence-electron chi connectivity index (χ0n) is 34.4. The molecule has 0 unspecified atom stereocenters. The Hall–Kier alpha value is -8.07. The predicted octanol–water partition coefficient (Wildman–Crippen LogP) is 11.8. The van der Waals surface area contributed by atoms with Gasteiger partial charge in [0.1, 0.15) is 25.0 Å². The molecule has 8 heteroatoms. The van der Waals surface area contributed by atoms with E-state index in [0.29, 0.717) is 12.2 Å². The van der Waals surface area contributed by atoms with E-state index in [1.807, 2.05) is 72.8 Å². The van der Waals surface area contributed by atoms with Gasteiger partial charge >= 0.3 is 5.97 Å². The zero-order chi connectivity index (χ0) is 42.5. The number of aromatic amines is 2. The highest BCUT2D eigenvalue weighted by molar-refractivity contribution is 6.00. The Morgan fingerprint density at radius 3 is 1.33 bits per heavy atom. The third-order valence-electron chi connectivity index (χ3n) is 11.3. The van der Waals surface area contributed by atoms with Crippen molar-refractivity contribution in [1.82, 2.24) is 19.9 Å². The molecule has 8 nitrogen and oxygen atoms in total. The number of aromatic nitrogens is 4. The summed E-state index contributed by atoms with van der Waals surface area (Å²) in [6.07, 6.45) is 8.73. The summed E-state index contributed by atoms with van der Waals surface area (Å²) >= 11 is 0. The number of hydrogen-bond acceptors (Lipinski definition) is 6. The Labute approximate surface area is 365 Å². The molecular formula is C55H43N5O3. The molecule has 0 radical (unpaired) electrons. The van der Waals surface area contributed by atoms with Crippen LogP contribution in [0.1, 0.15) is 28.3 Å². The molecular weight excluding hydrogens is 779 g/mol. The second-order valence-electron chi connectivity index (χ2n) is 15.4. The smallest absolute Gasteiger partial charge is 0.323 e. The number of rotatable bonds is 11. The Morgan fingerprint density at radius 2 is 0.857 bits per heavy atom. The Kier molecular flexibility index (Phi) is 10.9. The first-order valence-corrected chi connectivity index (χ1v) is 21.1. The molecule has 63 heavy (non-hydrogen) atoms. The van der Waals surface area contributed by atoms with Crippen LogP contribution in [0.3, 0.4) is 0 Å². The van der Waals surface area contributed by atoms with Crippen LogP contribution in [0.5, 0.6) is 5.75 Å². The maximum absolute atomic E-state index is 12.6. The second kappa shape index (κ2) is 17.5. The van der Waals surface area contributed by atoms with Gasteiger partial charge in [-0.15, -0.1) is 0 Å². The van der Waals surface area contributed by atoms with Crippen molar-refractivity contribution in [2.24, 2.45) is 5.73 Å². The lowest BCUT2D eigenvalue weighted by Gasteiger charge is -2.12. The molecule has 8 bridgehead atoms. The number of H-pyrrole nitrogens is 2. The number of carbonyl (C=O) groups is 1. The lowest BCUT2D eigenvalue weighted by atomic mass is 10.0. The van der Waals surface area contributed by atoms with Gasteiger partial charge in [-0.3, -0.25) is 4.79 Å². The van der Waals surface area contributed by atoms with Crippen molar-refractivity contribution in [2.75, 3.05) is 13.2 Å². The molecule has 306 valence electrons. The minimum atomic E-state index is -0.748. The van der Waals surface area contributed by atoms with E-state index in [1.54, 1.807) is 0 Å². The molecule has 1 atom stereocenters. The highest BCUT2D eigenvalue weighted by atomic mass is 16.6. The van der Waals surface area contributed by atoms with E-state index in [1.165, 1.54) is 0 Å². The summed E-state index contributed by atoms with van der Waals surface area (Å²) in [5.41, 5.74) is 22.2. The molecule has 5 heterocycles. The van der Waals surface area contributed by atoms with Gasteiger partial charge in [0.05, 0.1) is 22.8 Å². The van der Waals surface area contributed by atoms with Crippen LogP contribution in [0.4, 0.5) is 0 Å². The molecule has 2 aliphatic rings. The van der Waals surface area contributed by atoms with Crippen molar-refractivity contribution in [2.45, 2.75) is 12.5 Å². The van der Waals surface area contributed by atoms with Crippen LogP contribution < -0.4 is 10.5 Å². The Bertz CT molecular complexity index is 3020. The Balaban J connectivity index is 1.09. The topological polar surface area (TPSA) is 119 Å². The number of nitrogens with one attached hydrogen (secondary N) is 2. The lowest BCUT2D eigenvalue weighted by Crippen LogP contribution is -2.35. The number of fused-ring (bicyclic) bond motifs is 8. The number of nitrogens with zero attached hydrogens (tertiary/aromatic N) is 2. The van der Waals surface area contributed by atoms with Crippen molar-refractivity contribution in [3.63, 3.8) is 0 Å². The first-order chi connectivity index (χ1) is 31.1. The van der Waals surface area contributed by atoms with Gasteiger partial charge < -0.3 is 25.2 Å². The van der Waals surface area contributed by atoms with E-state index in [2.05, 4.69) is 131 Å². The van der Waals surface area contributed by atoms with Crippen molar-refractivity contribution < 1.29 is 14.3 Å². The van der Waals surface area contributed by atoms with Gasteiger partial charge in [0.25, 0.3) is 0 Å². The average molecular weight is 822 g/mol. The summed E-state index contributed by atoms with van der Waals surface area (Å²) in [5.74, 6) is 0.182. The molecule has 0 saturated heterocycles.